The van der Waals surface area contributed by atoms with Crippen molar-refractivity contribution in [2.75, 3.05) is 17.7 Å². The van der Waals surface area contributed by atoms with Crippen LogP contribution in [0.3, 0.4) is 0 Å². The largest absolute Gasteiger partial charge is 0.497 e. The summed E-state index contributed by atoms with van der Waals surface area (Å²) in [5.74, 6) is 2.30. The van der Waals surface area contributed by atoms with Crippen LogP contribution in [0.1, 0.15) is 11.1 Å². The van der Waals surface area contributed by atoms with Gasteiger partial charge in [-0.1, -0.05) is 35.9 Å². The van der Waals surface area contributed by atoms with E-state index in [9.17, 15) is 0 Å². The Balaban J connectivity index is 1.66. The molecule has 5 nitrogen and oxygen atoms in total. The van der Waals surface area contributed by atoms with E-state index in [0.29, 0.717) is 0 Å². The maximum absolute atomic E-state index is 5.23. The van der Waals surface area contributed by atoms with Crippen molar-refractivity contribution in [3.05, 3.63) is 72.1 Å². The van der Waals surface area contributed by atoms with E-state index in [0.717, 1.165) is 29.6 Å². The third-order valence-electron chi connectivity index (χ3n) is 3.60. The van der Waals surface area contributed by atoms with Gasteiger partial charge in [0, 0.05) is 24.4 Å². The van der Waals surface area contributed by atoms with E-state index >= 15 is 0 Å². The van der Waals surface area contributed by atoms with Gasteiger partial charge in [-0.2, -0.15) is 0 Å². The van der Waals surface area contributed by atoms with Crippen LogP contribution in [0.2, 0.25) is 0 Å². The number of nitrogens with zero attached hydrogens (tertiary/aromatic N) is 2. The maximum Gasteiger partial charge on any atom is 0.135 e. The van der Waals surface area contributed by atoms with Gasteiger partial charge in [-0.05, 0) is 24.6 Å². The molecule has 122 valence electrons. The lowest BCUT2D eigenvalue weighted by molar-refractivity contribution is 0.415. The SMILES string of the molecule is COc1cccc(Nc2cc(NCc3ccc(C)cc3)ncn2)c1. The average molecular weight is 320 g/mol. The predicted octanol–water partition coefficient (Wildman–Crippen LogP) is 4.15. The second-order valence-corrected chi connectivity index (χ2v) is 5.48. The minimum absolute atomic E-state index is 0.718. The molecule has 0 atom stereocenters. The molecule has 2 aromatic carbocycles. The molecular weight excluding hydrogens is 300 g/mol. The normalized spacial score (nSPS) is 10.2. The smallest absolute Gasteiger partial charge is 0.135 e. The van der Waals surface area contributed by atoms with E-state index in [-0.39, 0.29) is 0 Å². The lowest BCUT2D eigenvalue weighted by atomic mass is 10.1. The molecule has 0 radical (unpaired) electrons. The van der Waals surface area contributed by atoms with Gasteiger partial charge in [-0.3, -0.25) is 0 Å². The molecule has 3 rings (SSSR count). The topological polar surface area (TPSA) is 59.1 Å². The third-order valence-corrected chi connectivity index (χ3v) is 3.60. The fraction of sp³-hybridized carbons (Fsp3) is 0.158. The molecule has 0 unspecified atom stereocenters. The molecule has 0 spiro atoms. The number of ether oxygens (including phenoxy) is 1. The molecule has 0 aliphatic heterocycles. The van der Waals surface area contributed by atoms with Crippen molar-refractivity contribution in [1.29, 1.82) is 0 Å². The molecule has 0 saturated heterocycles. The average Bonchev–Trinajstić information content (AvgIpc) is 2.62. The van der Waals surface area contributed by atoms with Gasteiger partial charge < -0.3 is 15.4 Å². The van der Waals surface area contributed by atoms with Crippen molar-refractivity contribution in [2.24, 2.45) is 0 Å². The van der Waals surface area contributed by atoms with Crippen LogP contribution >= 0.6 is 0 Å². The van der Waals surface area contributed by atoms with Crippen LogP contribution < -0.4 is 15.4 Å². The number of benzene rings is 2. The summed E-state index contributed by atoms with van der Waals surface area (Å²) in [7, 11) is 1.65. The van der Waals surface area contributed by atoms with Crippen LogP contribution in [-0.4, -0.2) is 17.1 Å². The molecule has 1 heterocycles. The summed E-state index contributed by atoms with van der Waals surface area (Å²) < 4.78 is 5.23. The molecule has 24 heavy (non-hydrogen) atoms. The number of methoxy groups -OCH3 is 1. The van der Waals surface area contributed by atoms with Crippen molar-refractivity contribution in [2.45, 2.75) is 13.5 Å². The van der Waals surface area contributed by atoms with Crippen molar-refractivity contribution >= 4 is 17.3 Å². The summed E-state index contributed by atoms with van der Waals surface area (Å²) in [5, 5.41) is 6.57. The van der Waals surface area contributed by atoms with Gasteiger partial charge in [0.15, 0.2) is 0 Å². The number of hydrogen-bond donors (Lipinski definition) is 2. The lowest BCUT2D eigenvalue weighted by Crippen LogP contribution is -2.03. The summed E-state index contributed by atoms with van der Waals surface area (Å²) in [4.78, 5) is 8.51. The summed E-state index contributed by atoms with van der Waals surface area (Å²) in [5.41, 5.74) is 3.38. The first-order valence-electron chi connectivity index (χ1n) is 7.75. The minimum atomic E-state index is 0.718. The molecule has 5 heteroatoms. The number of rotatable bonds is 6. The van der Waals surface area contributed by atoms with Crippen LogP contribution in [0.4, 0.5) is 17.3 Å². The first-order valence-corrected chi connectivity index (χ1v) is 7.75. The second kappa shape index (κ2) is 7.46. The highest BCUT2D eigenvalue weighted by molar-refractivity contribution is 5.60. The molecule has 0 amide bonds. The van der Waals surface area contributed by atoms with Crippen molar-refractivity contribution in [3.8, 4) is 5.75 Å². The van der Waals surface area contributed by atoms with Gasteiger partial charge in [0.05, 0.1) is 7.11 Å². The summed E-state index contributed by atoms with van der Waals surface area (Å²) in [6, 6.07) is 18.0. The summed E-state index contributed by atoms with van der Waals surface area (Å²) in [6.45, 7) is 2.80. The van der Waals surface area contributed by atoms with E-state index < -0.39 is 0 Å². The first-order chi connectivity index (χ1) is 11.7. The lowest BCUT2D eigenvalue weighted by Gasteiger charge is -2.10. The highest BCUT2D eigenvalue weighted by atomic mass is 16.5. The number of aromatic nitrogens is 2. The molecule has 0 aliphatic carbocycles. The number of aryl methyl sites for hydroxylation is 1. The molecule has 0 bridgehead atoms. The highest BCUT2D eigenvalue weighted by Gasteiger charge is 2.01. The van der Waals surface area contributed by atoms with Crippen molar-refractivity contribution in [3.63, 3.8) is 0 Å². The summed E-state index contributed by atoms with van der Waals surface area (Å²) >= 11 is 0. The van der Waals surface area contributed by atoms with Gasteiger partial charge in [0.1, 0.15) is 23.7 Å². The zero-order valence-corrected chi connectivity index (χ0v) is 13.8. The van der Waals surface area contributed by atoms with Gasteiger partial charge >= 0.3 is 0 Å². The monoisotopic (exact) mass is 320 g/mol. The Bertz CT molecular complexity index is 802. The van der Waals surface area contributed by atoms with Gasteiger partial charge in [-0.15, -0.1) is 0 Å². The van der Waals surface area contributed by atoms with Gasteiger partial charge in [0.25, 0.3) is 0 Å². The highest BCUT2D eigenvalue weighted by Crippen LogP contribution is 2.21. The number of hydrogen-bond acceptors (Lipinski definition) is 5. The fourth-order valence-electron chi connectivity index (χ4n) is 2.27. The van der Waals surface area contributed by atoms with Crippen LogP contribution in [0, 0.1) is 6.92 Å². The summed E-state index contributed by atoms with van der Waals surface area (Å²) in [6.07, 6.45) is 1.54. The van der Waals surface area contributed by atoms with Crippen LogP contribution in [0.25, 0.3) is 0 Å². The maximum atomic E-state index is 5.23. The Morgan fingerprint density at radius 2 is 1.75 bits per heavy atom. The Morgan fingerprint density at radius 3 is 2.54 bits per heavy atom. The van der Waals surface area contributed by atoms with Gasteiger partial charge in [0.2, 0.25) is 0 Å². The van der Waals surface area contributed by atoms with E-state index in [1.54, 1.807) is 13.4 Å². The zero-order valence-electron chi connectivity index (χ0n) is 13.8. The standard InChI is InChI=1S/C19H20N4O/c1-14-6-8-15(9-7-14)12-20-18-11-19(22-13-21-18)23-16-4-3-5-17(10-16)24-2/h3-11,13H,12H2,1-2H3,(H2,20,21,22,23). The molecule has 0 fully saturated rings. The molecule has 0 aliphatic rings. The quantitative estimate of drug-likeness (QED) is 0.714. The molecular formula is C19H20N4O. The first kappa shape index (κ1) is 15.8. The van der Waals surface area contributed by atoms with Crippen LogP contribution in [0.15, 0.2) is 60.9 Å². The Labute approximate surface area is 141 Å². The molecule has 2 N–H and O–H groups in total. The minimum Gasteiger partial charge on any atom is -0.497 e. The fourth-order valence-corrected chi connectivity index (χ4v) is 2.27. The van der Waals surface area contributed by atoms with Crippen LogP contribution in [0.5, 0.6) is 5.75 Å². The third kappa shape index (κ3) is 4.23. The Hall–Kier alpha value is -3.08. The molecule has 3 aromatic rings. The molecule has 1 aromatic heterocycles. The second-order valence-electron chi connectivity index (χ2n) is 5.48. The Kier molecular flexibility index (Phi) is 4.91. The number of nitrogens with one attached hydrogen (secondary N) is 2. The zero-order chi connectivity index (χ0) is 16.8. The number of anilines is 3. The van der Waals surface area contributed by atoms with E-state index in [1.165, 1.54) is 11.1 Å². The van der Waals surface area contributed by atoms with Crippen LogP contribution in [-0.2, 0) is 6.54 Å². The van der Waals surface area contributed by atoms with Crippen molar-refractivity contribution in [1.82, 2.24) is 9.97 Å². The van der Waals surface area contributed by atoms with E-state index in [4.69, 9.17) is 4.74 Å². The van der Waals surface area contributed by atoms with Crippen molar-refractivity contribution < 1.29 is 4.74 Å². The Morgan fingerprint density at radius 1 is 0.958 bits per heavy atom. The van der Waals surface area contributed by atoms with E-state index in [2.05, 4.69) is 51.8 Å². The predicted molar refractivity (Wildman–Crippen MR) is 96.8 cm³/mol. The molecule has 0 saturated carbocycles. The van der Waals surface area contributed by atoms with E-state index in [1.807, 2.05) is 30.3 Å². The van der Waals surface area contributed by atoms with Gasteiger partial charge in [-0.25, -0.2) is 9.97 Å².